The first-order chi connectivity index (χ1) is 13.6. The van der Waals surface area contributed by atoms with Gasteiger partial charge in [-0.05, 0) is 38.2 Å². The molecule has 2 N–H and O–H groups in total. The second kappa shape index (κ2) is 7.66. The van der Waals surface area contributed by atoms with Crippen molar-refractivity contribution >= 4 is 17.8 Å². The molecule has 28 heavy (non-hydrogen) atoms. The molecule has 0 radical (unpaired) electrons. The summed E-state index contributed by atoms with van der Waals surface area (Å²) in [5.41, 5.74) is 0.880. The normalized spacial score (nSPS) is 23.7. The van der Waals surface area contributed by atoms with Gasteiger partial charge in [0.1, 0.15) is 12.3 Å². The second-order valence-corrected chi connectivity index (χ2v) is 7.53. The number of nitrogens with zero attached hydrogens (tertiary/aromatic N) is 1. The maximum Gasteiger partial charge on any atom is 0.325 e. The van der Waals surface area contributed by atoms with Crippen molar-refractivity contribution in [3.8, 4) is 5.75 Å². The van der Waals surface area contributed by atoms with Crippen LogP contribution in [0.1, 0.15) is 44.1 Å². The van der Waals surface area contributed by atoms with E-state index in [1.165, 1.54) is 18.4 Å². The van der Waals surface area contributed by atoms with Crippen LogP contribution in [0, 0.1) is 0 Å². The van der Waals surface area contributed by atoms with Crippen molar-refractivity contribution in [3.05, 3.63) is 41.5 Å². The van der Waals surface area contributed by atoms with E-state index in [-0.39, 0.29) is 12.5 Å². The smallest absolute Gasteiger partial charge is 0.325 e. The molecule has 148 valence electrons. The van der Waals surface area contributed by atoms with Crippen LogP contribution in [0.2, 0.25) is 0 Å². The van der Waals surface area contributed by atoms with E-state index in [1.807, 2.05) is 12.1 Å². The monoisotopic (exact) mass is 383 g/mol. The van der Waals surface area contributed by atoms with Crippen molar-refractivity contribution in [1.29, 1.82) is 0 Å². The predicted octanol–water partition coefficient (Wildman–Crippen LogP) is 2.22. The van der Waals surface area contributed by atoms with Crippen molar-refractivity contribution in [3.63, 3.8) is 0 Å². The number of carbonyl (C=O) groups excluding carboxylic acids is 3. The Hall–Kier alpha value is -2.83. The molecule has 3 aliphatic rings. The number of imide groups is 1. The van der Waals surface area contributed by atoms with Gasteiger partial charge in [0, 0.05) is 18.5 Å². The Kier molecular flexibility index (Phi) is 5.07. The van der Waals surface area contributed by atoms with Gasteiger partial charge in [-0.25, -0.2) is 4.79 Å². The minimum Gasteiger partial charge on any atom is -0.493 e. The van der Waals surface area contributed by atoms with Crippen LogP contribution in [-0.2, 0) is 15.1 Å². The van der Waals surface area contributed by atoms with E-state index in [2.05, 4.69) is 16.7 Å². The van der Waals surface area contributed by atoms with Gasteiger partial charge in [0.2, 0.25) is 5.91 Å². The van der Waals surface area contributed by atoms with E-state index in [0.717, 1.165) is 24.2 Å². The van der Waals surface area contributed by atoms with Crippen molar-refractivity contribution in [2.24, 2.45) is 0 Å². The third-order valence-corrected chi connectivity index (χ3v) is 5.71. The summed E-state index contributed by atoms with van der Waals surface area (Å²) in [5, 5.41) is 5.64. The summed E-state index contributed by atoms with van der Waals surface area (Å²) in [6.07, 6.45) is 8.06. The molecule has 7 heteroatoms. The van der Waals surface area contributed by atoms with Gasteiger partial charge in [-0.15, -0.1) is 0 Å². The van der Waals surface area contributed by atoms with Crippen LogP contribution in [0.4, 0.5) is 4.79 Å². The number of amides is 4. The summed E-state index contributed by atoms with van der Waals surface area (Å²) in [6.45, 7) is 0.586. The molecular formula is C21H25N3O4. The zero-order valence-electron chi connectivity index (χ0n) is 15.8. The number of rotatable bonds is 5. The fraction of sp³-hybridized carbons (Fsp3) is 0.476. The number of ether oxygens (including phenoxy) is 1. The average Bonchev–Trinajstić information content (AvgIpc) is 2.94. The molecule has 2 heterocycles. The van der Waals surface area contributed by atoms with Crippen LogP contribution in [0.15, 0.2) is 35.9 Å². The fourth-order valence-electron chi connectivity index (χ4n) is 4.21. The quantitative estimate of drug-likeness (QED) is 0.603. The zero-order chi connectivity index (χ0) is 19.6. The molecule has 7 nitrogen and oxygen atoms in total. The molecule has 0 bridgehead atoms. The van der Waals surface area contributed by atoms with Gasteiger partial charge in [0.05, 0.1) is 6.61 Å². The minimum absolute atomic E-state index is 0.269. The molecule has 1 aliphatic carbocycles. The highest BCUT2D eigenvalue weighted by molar-refractivity contribution is 6.09. The Morgan fingerprint density at radius 2 is 2.11 bits per heavy atom. The molecule has 1 spiro atoms. The molecule has 1 fully saturated rings. The van der Waals surface area contributed by atoms with Crippen LogP contribution in [-0.4, -0.2) is 42.4 Å². The second-order valence-electron chi connectivity index (χ2n) is 7.53. The number of nitrogens with one attached hydrogen (secondary N) is 2. The van der Waals surface area contributed by atoms with Crippen LogP contribution in [0.3, 0.4) is 0 Å². The molecule has 2 aliphatic heterocycles. The lowest BCUT2D eigenvalue weighted by molar-refractivity contribution is -0.136. The average molecular weight is 383 g/mol. The molecule has 1 aromatic carbocycles. The third-order valence-electron chi connectivity index (χ3n) is 5.71. The summed E-state index contributed by atoms with van der Waals surface area (Å²) >= 11 is 0. The number of benzene rings is 1. The highest BCUT2D eigenvalue weighted by atomic mass is 16.5. The summed E-state index contributed by atoms with van der Waals surface area (Å²) in [7, 11) is 0. The Morgan fingerprint density at radius 1 is 1.25 bits per heavy atom. The van der Waals surface area contributed by atoms with E-state index in [1.54, 1.807) is 12.1 Å². The van der Waals surface area contributed by atoms with Crippen LogP contribution in [0.5, 0.6) is 5.75 Å². The first-order valence-corrected chi connectivity index (χ1v) is 9.91. The number of fused-ring (bicyclic) bond motifs is 2. The molecule has 1 aromatic rings. The van der Waals surface area contributed by atoms with Gasteiger partial charge in [-0.2, -0.15) is 0 Å². The van der Waals surface area contributed by atoms with E-state index in [9.17, 15) is 14.4 Å². The summed E-state index contributed by atoms with van der Waals surface area (Å²) in [5.74, 6) is -0.120. The Morgan fingerprint density at radius 3 is 2.93 bits per heavy atom. The topological polar surface area (TPSA) is 87.7 Å². The summed E-state index contributed by atoms with van der Waals surface area (Å²) in [4.78, 5) is 38.9. The van der Waals surface area contributed by atoms with Crippen LogP contribution >= 0.6 is 0 Å². The number of urea groups is 1. The number of hydrogen-bond donors (Lipinski definition) is 2. The molecule has 1 atom stereocenters. The lowest BCUT2D eigenvalue weighted by atomic mass is 9.84. The van der Waals surface area contributed by atoms with Crippen molar-refractivity contribution in [1.82, 2.24) is 15.5 Å². The largest absolute Gasteiger partial charge is 0.493 e. The van der Waals surface area contributed by atoms with Gasteiger partial charge in [-0.1, -0.05) is 29.8 Å². The van der Waals surface area contributed by atoms with Gasteiger partial charge in [0.15, 0.2) is 5.54 Å². The van der Waals surface area contributed by atoms with E-state index in [0.29, 0.717) is 30.9 Å². The van der Waals surface area contributed by atoms with Gasteiger partial charge < -0.3 is 15.4 Å². The van der Waals surface area contributed by atoms with E-state index < -0.39 is 17.5 Å². The lowest BCUT2D eigenvalue weighted by Crippen LogP contribution is -2.48. The van der Waals surface area contributed by atoms with Crippen molar-refractivity contribution < 1.29 is 19.1 Å². The maximum absolute atomic E-state index is 13.1. The summed E-state index contributed by atoms with van der Waals surface area (Å²) in [6, 6.07) is 6.67. The Balaban J connectivity index is 1.40. The zero-order valence-corrected chi connectivity index (χ0v) is 15.8. The van der Waals surface area contributed by atoms with Crippen molar-refractivity contribution in [2.45, 2.75) is 44.1 Å². The van der Waals surface area contributed by atoms with Gasteiger partial charge in [-0.3, -0.25) is 14.5 Å². The number of hydrogen-bond acceptors (Lipinski definition) is 4. The number of carbonyl (C=O) groups is 3. The van der Waals surface area contributed by atoms with Gasteiger partial charge >= 0.3 is 6.03 Å². The van der Waals surface area contributed by atoms with Crippen LogP contribution in [0.25, 0.3) is 0 Å². The number of para-hydroxylation sites is 1. The standard InChI is InChI=1S/C21H25N3O4/c25-18(22-12-10-15-6-2-1-3-7-15)14-24-19(26)21(23-20(24)27)11-13-28-17-9-5-4-8-16(17)21/h4-6,8-9H,1-3,7,10-14H2,(H,22,25)(H,23,27)/t21-/m1/s1. The first kappa shape index (κ1) is 18.5. The molecule has 0 aromatic heterocycles. The SMILES string of the molecule is O=C(CN1C(=O)N[C@@]2(CCOc3ccccc32)C1=O)NCCC1=CCCCC1. The third kappa shape index (κ3) is 3.37. The molecule has 0 unspecified atom stereocenters. The predicted molar refractivity (Wildman–Crippen MR) is 103 cm³/mol. The molecule has 1 saturated heterocycles. The molecule has 4 rings (SSSR count). The van der Waals surface area contributed by atoms with Crippen LogP contribution < -0.4 is 15.4 Å². The van der Waals surface area contributed by atoms with Gasteiger partial charge in [0.25, 0.3) is 5.91 Å². The lowest BCUT2D eigenvalue weighted by Gasteiger charge is -2.33. The highest BCUT2D eigenvalue weighted by Crippen LogP contribution is 2.40. The molecule has 4 amide bonds. The van der Waals surface area contributed by atoms with E-state index in [4.69, 9.17) is 4.74 Å². The Labute approximate surface area is 164 Å². The molecule has 0 saturated carbocycles. The first-order valence-electron chi connectivity index (χ1n) is 9.91. The molecular weight excluding hydrogens is 358 g/mol. The highest BCUT2D eigenvalue weighted by Gasteiger charge is 2.55. The van der Waals surface area contributed by atoms with Crippen molar-refractivity contribution in [2.75, 3.05) is 19.7 Å². The fourth-order valence-corrected chi connectivity index (χ4v) is 4.21. The number of allylic oxidation sites excluding steroid dienone is 1. The van der Waals surface area contributed by atoms with E-state index >= 15 is 0 Å². The minimum atomic E-state index is -1.14. The maximum atomic E-state index is 13.1. The Bertz CT molecular complexity index is 835. The summed E-state index contributed by atoms with van der Waals surface area (Å²) < 4.78 is 5.61.